The lowest BCUT2D eigenvalue weighted by Crippen LogP contribution is -2.54. The Morgan fingerprint density at radius 2 is 1.70 bits per heavy atom. The number of hydrogen-bond acceptors (Lipinski definition) is 4. The van der Waals surface area contributed by atoms with Crippen molar-refractivity contribution in [2.45, 2.75) is 57.2 Å². The van der Waals surface area contributed by atoms with Crippen molar-refractivity contribution in [3.05, 3.63) is 58.1 Å². The van der Waals surface area contributed by atoms with Crippen LogP contribution in [0.15, 0.2) is 36.4 Å². The third kappa shape index (κ3) is 4.10. The molecular weight excluding hydrogens is 404 g/mol. The van der Waals surface area contributed by atoms with Gasteiger partial charge in [-0.25, -0.2) is 0 Å². The van der Waals surface area contributed by atoms with Crippen molar-refractivity contribution in [2.75, 3.05) is 0 Å². The number of carbonyl (C=O) groups is 2. The fourth-order valence-electron chi connectivity index (χ4n) is 4.39. The van der Waals surface area contributed by atoms with Crippen LogP contribution in [0.1, 0.15) is 53.6 Å². The van der Waals surface area contributed by atoms with E-state index in [1.54, 1.807) is 0 Å². The Morgan fingerprint density at radius 1 is 1.00 bits per heavy atom. The molecule has 0 spiro atoms. The third-order valence-corrected chi connectivity index (χ3v) is 6.36. The molecule has 0 radical (unpaired) electrons. The van der Waals surface area contributed by atoms with Gasteiger partial charge in [0.15, 0.2) is 0 Å². The molecule has 0 aromatic heterocycles. The van der Waals surface area contributed by atoms with Crippen molar-refractivity contribution >= 4 is 23.4 Å². The number of fused-ring (bicyclic) bond motifs is 1. The molecule has 2 aromatic rings. The number of nitrogens with zero attached hydrogens (tertiary/aromatic N) is 1. The monoisotopic (exact) mass is 428 g/mol. The topological polar surface area (TPSA) is 89.9 Å². The number of rotatable bonds is 3. The molecule has 4 rings (SSSR count). The Hall–Kier alpha value is -2.73. The molecule has 1 fully saturated rings. The lowest BCUT2D eigenvalue weighted by atomic mass is 9.91. The second-order valence-corrected chi connectivity index (χ2v) is 8.49. The maximum atomic E-state index is 13.3. The molecule has 3 N–H and O–H groups in total. The molecule has 0 bridgehead atoms. The lowest BCUT2D eigenvalue weighted by Gasteiger charge is -2.37. The van der Waals surface area contributed by atoms with Crippen molar-refractivity contribution in [3.8, 4) is 11.5 Å². The number of nitrogens with one attached hydrogen (secondary N) is 1. The van der Waals surface area contributed by atoms with Gasteiger partial charge in [0.1, 0.15) is 17.5 Å². The molecule has 0 unspecified atom stereocenters. The normalized spacial score (nSPS) is 19.2. The Kier molecular flexibility index (Phi) is 5.86. The molecule has 1 saturated carbocycles. The maximum absolute atomic E-state index is 13.3. The summed E-state index contributed by atoms with van der Waals surface area (Å²) in [7, 11) is 0. The SMILES string of the molecule is O=C(NC1CCCCC1)[C@H]1Cc2ccccc2CN1C(=O)c1cc(Cl)c(O)cc1O. The van der Waals surface area contributed by atoms with Crippen molar-refractivity contribution in [1.82, 2.24) is 10.2 Å². The van der Waals surface area contributed by atoms with Crippen LogP contribution in [0, 0.1) is 0 Å². The van der Waals surface area contributed by atoms with Crippen LogP contribution in [0.3, 0.4) is 0 Å². The van der Waals surface area contributed by atoms with E-state index in [1.165, 1.54) is 17.4 Å². The molecule has 2 amide bonds. The van der Waals surface area contributed by atoms with Gasteiger partial charge in [0.2, 0.25) is 5.91 Å². The highest BCUT2D eigenvalue weighted by molar-refractivity contribution is 6.32. The minimum atomic E-state index is -0.679. The van der Waals surface area contributed by atoms with Crippen molar-refractivity contribution in [1.29, 1.82) is 0 Å². The molecule has 2 aromatic carbocycles. The molecule has 6 nitrogen and oxygen atoms in total. The minimum Gasteiger partial charge on any atom is -0.507 e. The van der Waals surface area contributed by atoms with Gasteiger partial charge in [0, 0.05) is 25.1 Å². The zero-order chi connectivity index (χ0) is 21.3. The van der Waals surface area contributed by atoms with E-state index in [1.807, 2.05) is 24.3 Å². The first-order valence-electron chi connectivity index (χ1n) is 10.3. The van der Waals surface area contributed by atoms with Crippen LogP contribution in [0.2, 0.25) is 5.02 Å². The van der Waals surface area contributed by atoms with Crippen LogP contribution in [0.5, 0.6) is 11.5 Å². The molecule has 7 heteroatoms. The fourth-order valence-corrected chi connectivity index (χ4v) is 4.56. The van der Waals surface area contributed by atoms with Gasteiger partial charge in [-0.1, -0.05) is 55.1 Å². The van der Waals surface area contributed by atoms with Crippen molar-refractivity contribution in [2.24, 2.45) is 0 Å². The van der Waals surface area contributed by atoms with Gasteiger partial charge in [-0.3, -0.25) is 9.59 Å². The average Bonchev–Trinajstić information content (AvgIpc) is 2.75. The van der Waals surface area contributed by atoms with Crippen LogP contribution in [-0.2, 0) is 17.8 Å². The highest BCUT2D eigenvalue weighted by Crippen LogP contribution is 2.34. The quantitative estimate of drug-likeness (QED) is 0.694. The standard InChI is InChI=1S/C23H25ClN2O4/c24-18-11-17(20(27)12-21(18)28)23(30)26-13-15-7-5-4-6-14(15)10-19(26)22(29)25-16-8-2-1-3-9-16/h4-7,11-12,16,19,27-28H,1-3,8-10,13H2,(H,25,29)/t19-/m1/s1. The molecule has 1 aliphatic carbocycles. The number of benzene rings is 2. The largest absolute Gasteiger partial charge is 0.507 e. The molecule has 1 aliphatic heterocycles. The van der Waals surface area contributed by atoms with Gasteiger partial charge < -0.3 is 20.4 Å². The number of aromatic hydroxyl groups is 2. The third-order valence-electron chi connectivity index (χ3n) is 6.06. The van der Waals surface area contributed by atoms with E-state index in [-0.39, 0.29) is 40.6 Å². The van der Waals surface area contributed by atoms with Gasteiger partial charge >= 0.3 is 0 Å². The van der Waals surface area contributed by atoms with E-state index in [9.17, 15) is 19.8 Å². The smallest absolute Gasteiger partial charge is 0.258 e. The van der Waals surface area contributed by atoms with Gasteiger partial charge in [-0.15, -0.1) is 0 Å². The summed E-state index contributed by atoms with van der Waals surface area (Å²) >= 11 is 5.97. The van der Waals surface area contributed by atoms with Crippen LogP contribution in [0.4, 0.5) is 0 Å². The highest BCUT2D eigenvalue weighted by atomic mass is 35.5. The second-order valence-electron chi connectivity index (χ2n) is 8.09. The molecule has 1 heterocycles. The zero-order valence-electron chi connectivity index (χ0n) is 16.6. The Labute approximate surface area is 180 Å². The van der Waals surface area contributed by atoms with Crippen molar-refractivity contribution < 1.29 is 19.8 Å². The number of phenolic OH excluding ortho intramolecular Hbond substituents is 2. The van der Waals surface area contributed by atoms with E-state index >= 15 is 0 Å². The summed E-state index contributed by atoms with van der Waals surface area (Å²) in [5.74, 6) is -1.34. The summed E-state index contributed by atoms with van der Waals surface area (Å²) in [6.45, 7) is 0.260. The van der Waals surface area contributed by atoms with E-state index in [0.29, 0.717) is 6.42 Å². The minimum absolute atomic E-state index is 0.0308. The summed E-state index contributed by atoms with van der Waals surface area (Å²) in [5.41, 5.74) is 1.97. The van der Waals surface area contributed by atoms with E-state index in [4.69, 9.17) is 11.6 Å². The number of carbonyl (C=O) groups excluding carboxylic acids is 2. The Morgan fingerprint density at radius 3 is 2.43 bits per heavy atom. The number of hydrogen-bond donors (Lipinski definition) is 3. The number of halogens is 1. The zero-order valence-corrected chi connectivity index (χ0v) is 17.4. The second kappa shape index (κ2) is 8.56. The fraction of sp³-hybridized carbons (Fsp3) is 0.391. The molecule has 30 heavy (non-hydrogen) atoms. The first-order valence-corrected chi connectivity index (χ1v) is 10.7. The van der Waals surface area contributed by atoms with Gasteiger partial charge in [0.25, 0.3) is 5.91 Å². The highest BCUT2D eigenvalue weighted by Gasteiger charge is 2.36. The van der Waals surface area contributed by atoms with E-state index in [2.05, 4.69) is 5.32 Å². The van der Waals surface area contributed by atoms with Gasteiger partial charge in [-0.05, 0) is 30.0 Å². The van der Waals surface area contributed by atoms with E-state index < -0.39 is 11.9 Å². The molecular formula is C23H25ClN2O4. The summed E-state index contributed by atoms with van der Waals surface area (Å²) in [6, 6.07) is 9.49. The molecule has 158 valence electrons. The van der Waals surface area contributed by atoms with Crippen molar-refractivity contribution in [3.63, 3.8) is 0 Å². The van der Waals surface area contributed by atoms with Crippen LogP contribution in [-0.4, -0.2) is 39.0 Å². The molecule has 2 aliphatic rings. The Bertz CT molecular complexity index is 972. The maximum Gasteiger partial charge on any atom is 0.258 e. The predicted octanol–water partition coefficient (Wildman–Crippen LogP) is 3.77. The summed E-state index contributed by atoms with van der Waals surface area (Å²) in [4.78, 5) is 28.0. The first-order chi connectivity index (χ1) is 14.4. The first kappa shape index (κ1) is 20.5. The summed E-state index contributed by atoms with van der Waals surface area (Å²) < 4.78 is 0. The lowest BCUT2D eigenvalue weighted by molar-refractivity contribution is -0.127. The number of phenols is 2. The summed E-state index contributed by atoms with van der Waals surface area (Å²) in [6.07, 6.45) is 5.71. The van der Waals surface area contributed by atoms with Gasteiger partial charge in [-0.2, -0.15) is 0 Å². The average molecular weight is 429 g/mol. The Balaban J connectivity index is 1.64. The van der Waals surface area contributed by atoms with Crippen LogP contribution >= 0.6 is 11.6 Å². The molecule has 0 saturated heterocycles. The number of amides is 2. The summed E-state index contributed by atoms with van der Waals surface area (Å²) in [5, 5.41) is 23.0. The van der Waals surface area contributed by atoms with Gasteiger partial charge in [0.05, 0.1) is 10.6 Å². The van der Waals surface area contributed by atoms with Crippen LogP contribution in [0.25, 0.3) is 0 Å². The molecule has 1 atom stereocenters. The predicted molar refractivity (Wildman–Crippen MR) is 114 cm³/mol. The van der Waals surface area contributed by atoms with Crippen LogP contribution < -0.4 is 5.32 Å². The van der Waals surface area contributed by atoms with E-state index in [0.717, 1.165) is 42.9 Å².